The molecular formula is C18H25N5O. The minimum atomic E-state index is -0.0215. The van der Waals surface area contributed by atoms with E-state index < -0.39 is 0 Å². The summed E-state index contributed by atoms with van der Waals surface area (Å²) in [6.07, 6.45) is 8.06. The van der Waals surface area contributed by atoms with Crippen molar-refractivity contribution in [3.63, 3.8) is 0 Å². The summed E-state index contributed by atoms with van der Waals surface area (Å²) in [6, 6.07) is 8.06. The van der Waals surface area contributed by atoms with Crippen LogP contribution in [0.4, 0.5) is 0 Å². The zero-order valence-electron chi connectivity index (χ0n) is 14.2. The molecule has 1 aliphatic heterocycles. The van der Waals surface area contributed by atoms with Gasteiger partial charge in [-0.15, -0.1) is 0 Å². The maximum absolute atomic E-state index is 12.2. The summed E-state index contributed by atoms with van der Waals surface area (Å²) in [7, 11) is 0. The maximum Gasteiger partial charge on any atom is 0.251 e. The van der Waals surface area contributed by atoms with E-state index in [9.17, 15) is 4.79 Å². The molecule has 1 atom stereocenters. The maximum atomic E-state index is 12.2. The molecule has 3 rings (SSSR count). The molecule has 1 fully saturated rings. The van der Waals surface area contributed by atoms with E-state index in [1.165, 1.54) is 32.1 Å². The van der Waals surface area contributed by atoms with Crippen molar-refractivity contribution in [1.29, 1.82) is 0 Å². The first-order valence-corrected chi connectivity index (χ1v) is 8.71. The average Bonchev–Trinajstić information content (AvgIpc) is 3.15. The standard InChI is InChI=1S/C18H25N5O/c1-15-5-2-3-11-22(15)12-4-10-20-18(24)16-6-8-17(9-7-16)23-14-19-13-21-23/h6-9,13-15H,2-5,10-12H2,1H3,(H,20,24). The molecule has 1 aliphatic rings. The van der Waals surface area contributed by atoms with Crippen LogP contribution in [-0.4, -0.2) is 51.2 Å². The van der Waals surface area contributed by atoms with Crippen LogP contribution in [0.1, 0.15) is 43.0 Å². The fraction of sp³-hybridized carbons (Fsp3) is 0.500. The highest BCUT2D eigenvalue weighted by atomic mass is 16.1. The Morgan fingerprint density at radius 2 is 2.12 bits per heavy atom. The molecule has 2 heterocycles. The number of hydrogen-bond donors (Lipinski definition) is 1. The Balaban J connectivity index is 1.43. The van der Waals surface area contributed by atoms with E-state index in [4.69, 9.17) is 0 Å². The Morgan fingerprint density at radius 3 is 2.83 bits per heavy atom. The first-order chi connectivity index (χ1) is 11.7. The SMILES string of the molecule is CC1CCCCN1CCCNC(=O)c1ccc(-n2cncn2)cc1. The second kappa shape index (κ2) is 8.06. The predicted molar refractivity (Wildman–Crippen MR) is 93.2 cm³/mol. The van der Waals surface area contributed by atoms with E-state index in [0.29, 0.717) is 18.2 Å². The summed E-state index contributed by atoms with van der Waals surface area (Å²) in [5.41, 5.74) is 1.56. The Morgan fingerprint density at radius 1 is 1.29 bits per heavy atom. The van der Waals surface area contributed by atoms with E-state index in [1.807, 2.05) is 24.3 Å². The van der Waals surface area contributed by atoms with Crippen LogP contribution in [0.5, 0.6) is 0 Å². The van der Waals surface area contributed by atoms with E-state index in [2.05, 4.69) is 27.2 Å². The number of nitrogens with one attached hydrogen (secondary N) is 1. The third-order valence-electron chi connectivity index (χ3n) is 4.66. The van der Waals surface area contributed by atoms with Gasteiger partial charge in [0.1, 0.15) is 12.7 Å². The number of rotatable bonds is 6. The van der Waals surface area contributed by atoms with Gasteiger partial charge in [0, 0.05) is 24.7 Å². The van der Waals surface area contributed by atoms with Crippen LogP contribution >= 0.6 is 0 Å². The van der Waals surface area contributed by atoms with Crippen LogP contribution in [0.2, 0.25) is 0 Å². The molecule has 1 aromatic carbocycles. The van der Waals surface area contributed by atoms with Gasteiger partial charge in [0.2, 0.25) is 0 Å². The predicted octanol–water partition coefficient (Wildman–Crippen LogP) is 2.26. The van der Waals surface area contributed by atoms with Gasteiger partial charge in [-0.3, -0.25) is 4.79 Å². The van der Waals surface area contributed by atoms with Crippen LogP contribution in [0, 0.1) is 0 Å². The van der Waals surface area contributed by atoms with E-state index in [1.54, 1.807) is 11.0 Å². The van der Waals surface area contributed by atoms with Crippen molar-refractivity contribution in [1.82, 2.24) is 25.0 Å². The lowest BCUT2D eigenvalue weighted by Gasteiger charge is -2.33. The summed E-state index contributed by atoms with van der Waals surface area (Å²) in [5, 5.41) is 7.08. The van der Waals surface area contributed by atoms with Gasteiger partial charge in [0.05, 0.1) is 5.69 Å². The van der Waals surface area contributed by atoms with Gasteiger partial charge in [0.25, 0.3) is 5.91 Å². The van der Waals surface area contributed by atoms with Crippen molar-refractivity contribution in [2.24, 2.45) is 0 Å². The summed E-state index contributed by atoms with van der Waals surface area (Å²) in [6.45, 7) is 5.27. The smallest absolute Gasteiger partial charge is 0.251 e. The first-order valence-electron chi connectivity index (χ1n) is 8.71. The second-order valence-electron chi connectivity index (χ2n) is 6.38. The molecule has 0 spiro atoms. The van der Waals surface area contributed by atoms with Crippen molar-refractivity contribution in [3.8, 4) is 5.69 Å². The van der Waals surface area contributed by atoms with E-state index in [-0.39, 0.29) is 5.91 Å². The molecule has 0 aliphatic carbocycles. The Kier molecular flexibility index (Phi) is 5.59. The molecule has 1 unspecified atom stereocenters. The fourth-order valence-electron chi connectivity index (χ4n) is 3.18. The molecule has 2 aromatic rings. The number of nitrogens with zero attached hydrogens (tertiary/aromatic N) is 4. The molecule has 1 N–H and O–H groups in total. The molecule has 0 bridgehead atoms. The van der Waals surface area contributed by atoms with Gasteiger partial charge >= 0.3 is 0 Å². The number of benzene rings is 1. The summed E-state index contributed by atoms with van der Waals surface area (Å²) < 4.78 is 1.67. The van der Waals surface area contributed by atoms with Crippen molar-refractivity contribution in [2.75, 3.05) is 19.6 Å². The van der Waals surface area contributed by atoms with Crippen LogP contribution < -0.4 is 5.32 Å². The van der Waals surface area contributed by atoms with Gasteiger partial charge in [-0.05, 0) is 57.0 Å². The summed E-state index contributed by atoms with van der Waals surface area (Å²) in [5.74, 6) is -0.0215. The van der Waals surface area contributed by atoms with Crippen molar-refractivity contribution in [3.05, 3.63) is 42.5 Å². The number of carbonyl (C=O) groups is 1. The zero-order valence-corrected chi connectivity index (χ0v) is 14.2. The molecule has 6 nitrogen and oxygen atoms in total. The van der Waals surface area contributed by atoms with Crippen LogP contribution in [0.15, 0.2) is 36.9 Å². The van der Waals surface area contributed by atoms with Gasteiger partial charge < -0.3 is 10.2 Å². The first kappa shape index (κ1) is 16.6. The van der Waals surface area contributed by atoms with E-state index >= 15 is 0 Å². The third kappa shape index (κ3) is 4.20. The third-order valence-corrected chi connectivity index (χ3v) is 4.66. The van der Waals surface area contributed by atoms with Crippen LogP contribution in [0.3, 0.4) is 0 Å². The monoisotopic (exact) mass is 327 g/mol. The molecule has 1 saturated heterocycles. The topological polar surface area (TPSA) is 63.1 Å². The van der Waals surface area contributed by atoms with Gasteiger partial charge in [-0.2, -0.15) is 5.10 Å². The largest absolute Gasteiger partial charge is 0.352 e. The molecule has 1 amide bonds. The Bertz CT molecular complexity index is 638. The second-order valence-corrected chi connectivity index (χ2v) is 6.38. The lowest BCUT2D eigenvalue weighted by Crippen LogP contribution is -2.39. The zero-order chi connectivity index (χ0) is 16.8. The lowest BCUT2D eigenvalue weighted by atomic mass is 10.0. The van der Waals surface area contributed by atoms with Gasteiger partial charge in [-0.25, -0.2) is 9.67 Å². The number of amides is 1. The minimum Gasteiger partial charge on any atom is -0.352 e. The lowest BCUT2D eigenvalue weighted by molar-refractivity contribution is 0.0949. The minimum absolute atomic E-state index is 0.0215. The molecule has 6 heteroatoms. The molecule has 128 valence electrons. The van der Waals surface area contributed by atoms with Crippen LogP contribution in [0.25, 0.3) is 5.69 Å². The fourth-order valence-corrected chi connectivity index (χ4v) is 3.18. The molecule has 24 heavy (non-hydrogen) atoms. The number of carbonyl (C=O) groups excluding carboxylic acids is 1. The normalized spacial score (nSPS) is 18.5. The number of piperidine rings is 1. The van der Waals surface area contributed by atoms with Crippen molar-refractivity contribution < 1.29 is 4.79 Å². The highest BCUT2D eigenvalue weighted by molar-refractivity contribution is 5.94. The number of likely N-dealkylation sites (tertiary alicyclic amines) is 1. The van der Waals surface area contributed by atoms with Crippen molar-refractivity contribution >= 4 is 5.91 Å². The summed E-state index contributed by atoms with van der Waals surface area (Å²) >= 11 is 0. The Labute approximate surface area is 142 Å². The van der Waals surface area contributed by atoms with Gasteiger partial charge in [-0.1, -0.05) is 6.42 Å². The Hall–Kier alpha value is -2.21. The van der Waals surface area contributed by atoms with Gasteiger partial charge in [0.15, 0.2) is 0 Å². The highest BCUT2D eigenvalue weighted by Crippen LogP contribution is 2.16. The average molecular weight is 327 g/mol. The highest BCUT2D eigenvalue weighted by Gasteiger charge is 2.17. The molecule has 0 saturated carbocycles. The molecule has 0 radical (unpaired) electrons. The van der Waals surface area contributed by atoms with Crippen molar-refractivity contribution in [2.45, 2.75) is 38.6 Å². The van der Waals surface area contributed by atoms with Crippen LogP contribution in [-0.2, 0) is 0 Å². The molecular weight excluding hydrogens is 302 g/mol. The van der Waals surface area contributed by atoms with E-state index in [0.717, 1.165) is 18.7 Å². The number of hydrogen-bond acceptors (Lipinski definition) is 4. The molecule has 1 aromatic heterocycles. The summed E-state index contributed by atoms with van der Waals surface area (Å²) in [4.78, 5) is 18.6. The quantitative estimate of drug-likeness (QED) is 0.827. The number of aromatic nitrogens is 3.